The molecule has 1 saturated carbocycles. The van der Waals surface area contributed by atoms with Gasteiger partial charge in [-0.2, -0.15) is 0 Å². The number of nitrogens with zero attached hydrogens (tertiary/aromatic N) is 1. The first kappa shape index (κ1) is 28.8. The van der Waals surface area contributed by atoms with Crippen molar-refractivity contribution < 1.29 is 19.1 Å². The highest BCUT2D eigenvalue weighted by molar-refractivity contribution is 6.32. The van der Waals surface area contributed by atoms with E-state index in [1.165, 1.54) is 19.3 Å². The van der Waals surface area contributed by atoms with E-state index in [4.69, 9.17) is 27.5 Å². The third kappa shape index (κ3) is 5.32. The van der Waals surface area contributed by atoms with Gasteiger partial charge in [-0.3, -0.25) is 9.59 Å². The van der Waals surface area contributed by atoms with Crippen LogP contribution in [-0.4, -0.2) is 35.7 Å². The molecule has 40 heavy (non-hydrogen) atoms. The van der Waals surface area contributed by atoms with Gasteiger partial charge < -0.3 is 14.4 Å². The van der Waals surface area contributed by atoms with E-state index in [-0.39, 0.29) is 29.0 Å². The first-order valence-corrected chi connectivity index (χ1v) is 15.2. The third-order valence-electron chi connectivity index (χ3n) is 8.86. The highest BCUT2D eigenvalue weighted by Gasteiger charge is 2.50. The molecular formula is C34H42ClNO4. The molecule has 0 amide bonds. The Morgan fingerprint density at radius 1 is 0.925 bits per heavy atom. The predicted molar refractivity (Wildman–Crippen MR) is 158 cm³/mol. The molecule has 0 saturated heterocycles. The Labute approximate surface area is 244 Å². The molecule has 0 spiro atoms. The maximum absolute atomic E-state index is 14.1. The first-order valence-electron chi connectivity index (χ1n) is 14.8. The molecule has 4 aliphatic rings. The number of terminal acetylenes is 1. The molecule has 0 radical (unpaired) electrons. The van der Waals surface area contributed by atoms with Gasteiger partial charge in [0, 0.05) is 47.3 Å². The number of halogens is 1. The number of allylic oxidation sites excluding steroid dienone is 4. The molecule has 5 nitrogen and oxygen atoms in total. The molecule has 0 aromatic heterocycles. The second-order valence-corrected chi connectivity index (χ2v) is 13.9. The van der Waals surface area contributed by atoms with E-state index in [1.807, 2.05) is 19.1 Å². The Kier molecular flexibility index (Phi) is 7.87. The molecule has 1 aromatic rings. The molecule has 0 unspecified atom stereocenters. The van der Waals surface area contributed by atoms with Crippen molar-refractivity contribution in [3.8, 4) is 23.8 Å². The maximum atomic E-state index is 14.1. The average molecular weight is 564 g/mol. The number of rotatable bonds is 6. The molecule has 0 bridgehead atoms. The SMILES string of the molecule is C#CCOc1c(Cl)cc(C2C3=C(CC(C)(C)CC3=O)N(C3CCCCC3)C3=C2C(=O)CC(C)(C)C3)cc1OCC. The topological polar surface area (TPSA) is 55.8 Å². The van der Waals surface area contributed by atoms with Crippen LogP contribution in [0, 0.1) is 23.2 Å². The van der Waals surface area contributed by atoms with Crippen molar-refractivity contribution in [2.75, 3.05) is 13.2 Å². The zero-order valence-electron chi connectivity index (χ0n) is 24.6. The van der Waals surface area contributed by atoms with Crippen LogP contribution >= 0.6 is 11.6 Å². The summed E-state index contributed by atoms with van der Waals surface area (Å²) >= 11 is 6.80. The van der Waals surface area contributed by atoms with Crippen LogP contribution in [-0.2, 0) is 9.59 Å². The molecule has 0 N–H and O–H groups in total. The van der Waals surface area contributed by atoms with E-state index >= 15 is 0 Å². The van der Waals surface area contributed by atoms with Gasteiger partial charge in [-0.05, 0) is 61.1 Å². The summed E-state index contributed by atoms with van der Waals surface area (Å²) in [6, 6.07) is 4.05. The molecule has 3 aliphatic carbocycles. The summed E-state index contributed by atoms with van der Waals surface area (Å²) in [7, 11) is 0. The fourth-order valence-corrected chi connectivity index (χ4v) is 7.65. The largest absolute Gasteiger partial charge is 0.490 e. The number of ether oxygens (including phenoxy) is 2. The summed E-state index contributed by atoms with van der Waals surface area (Å²) in [6.45, 7) is 11.1. The number of benzene rings is 1. The van der Waals surface area contributed by atoms with E-state index in [2.05, 4.69) is 38.5 Å². The summed E-state index contributed by atoms with van der Waals surface area (Å²) in [6.07, 6.45) is 13.7. The van der Waals surface area contributed by atoms with Crippen LogP contribution in [0.4, 0.5) is 0 Å². The summed E-state index contributed by atoms with van der Waals surface area (Å²) < 4.78 is 11.7. The molecule has 1 fully saturated rings. The lowest BCUT2D eigenvalue weighted by Gasteiger charge is -2.52. The summed E-state index contributed by atoms with van der Waals surface area (Å²) in [4.78, 5) is 30.8. The molecule has 5 rings (SSSR count). The molecule has 1 heterocycles. The normalized spacial score (nSPS) is 23.1. The van der Waals surface area contributed by atoms with Crippen LogP contribution in [0.2, 0.25) is 5.02 Å². The van der Waals surface area contributed by atoms with Crippen LogP contribution in [0.3, 0.4) is 0 Å². The monoisotopic (exact) mass is 563 g/mol. The van der Waals surface area contributed by atoms with E-state index in [0.717, 1.165) is 53.8 Å². The van der Waals surface area contributed by atoms with Gasteiger partial charge >= 0.3 is 0 Å². The van der Waals surface area contributed by atoms with Crippen molar-refractivity contribution in [2.45, 2.75) is 104 Å². The van der Waals surface area contributed by atoms with E-state index in [9.17, 15) is 9.59 Å². The Morgan fingerprint density at radius 2 is 1.50 bits per heavy atom. The van der Waals surface area contributed by atoms with Gasteiger partial charge in [-0.25, -0.2) is 0 Å². The Balaban J connectivity index is 1.76. The number of hydrogen-bond donors (Lipinski definition) is 0. The van der Waals surface area contributed by atoms with Crippen molar-refractivity contribution in [3.05, 3.63) is 45.3 Å². The van der Waals surface area contributed by atoms with Gasteiger partial charge in [0.2, 0.25) is 0 Å². The smallest absolute Gasteiger partial charge is 0.181 e. The lowest BCUT2D eigenvalue weighted by atomic mass is 9.63. The minimum atomic E-state index is -0.476. The number of carbonyl (C=O) groups is 2. The van der Waals surface area contributed by atoms with Gasteiger partial charge in [0.1, 0.15) is 6.61 Å². The van der Waals surface area contributed by atoms with Gasteiger partial charge in [-0.15, -0.1) is 6.42 Å². The van der Waals surface area contributed by atoms with Crippen LogP contribution in [0.15, 0.2) is 34.7 Å². The summed E-state index contributed by atoms with van der Waals surface area (Å²) in [5.41, 5.74) is 4.26. The molecule has 0 atom stereocenters. The average Bonchev–Trinajstić information content (AvgIpc) is 2.86. The number of ketones is 2. The van der Waals surface area contributed by atoms with E-state index in [0.29, 0.717) is 42.0 Å². The standard InChI is InChI=1S/C34H42ClNO4/c1-7-14-40-32-23(35)15-21(16-28(32)39-8-2)29-30-24(17-33(3,4)19-26(30)37)36(22-12-10-9-11-13-22)25-18-34(5,6)20-27(38)31(25)29/h1,15-16,22,29H,8-14,17-20H2,2-6H3. The Hall–Kier alpha value is -2.71. The van der Waals surface area contributed by atoms with E-state index < -0.39 is 5.92 Å². The van der Waals surface area contributed by atoms with Crippen molar-refractivity contribution in [1.82, 2.24) is 4.90 Å². The maximum Gasteiger partial charge on any atom is 0.181 e. The van der Waals surface area contributed by atoms with E-state index in [1.54, 1.807) is 0 Å². The van der Waals surface area contributed by atoms with Gasteiger partial charge in [0.25, 0.3) is 0 Å². The van der Waals surface area contributed by atoms with Crippen molar-refractivity contribution >= 4 is 23.2 Å². The lowest BCUT2D eigenvalue weighted by Crippen LogP contribution is -2.48. The van der Waals surface area contributed by atoms with Gasteiger partial charge in [0.05, 0.1) is 11.6 Å². The third-order valence-corrected chi connectivity index (χ3v) is 9.14. The van der Waals surface area contributed by atoms with Gasteiger partial charge in [0.15, 0.2) is 23.1 Å². The fourth-order valence-electron chi connectivity index (χ4n) is 7.38. The van der Waals surface area contributed by atoms with Crippen molar-refractivity contribution in [1.29, 1.82) is 0 Å². The molecule has 214 valence electrons. The lowest BCUT2D eigenvalue weighted by molar-refractivity contribution is -0.119. The number of carbonyl (C=O) groups excluding carboxylic acids is 2. The van der Waals surface area contributed by atoms with Crippen LogP contribution < -0.4 is 9.47 Å². The zero-order chi connectivity index (χ0) is 28.8. The summed E-state index contributed by atoms with van der Waals surface area (Å²) in [5, 5.41) is 0.363. The quantitative estimate of drug-likeness (QED) is 0.331. The second-order valence-electron chi connectivity index (χ2n) is 13.5. The molecule has 6 heteroatoms. The number of hydrogen-bond acceptors (Lipinski definition) is 5. The first-order chi connectivity index (χ1) is 19.0. The van der Waals surface area contributed by atoms with Gasteiger partial charge in [-0.1, -0.05) is 64.5 Å². The van der Waals surface area contributed by atoms with Crippen molar-refractivity contribution in [3.63, 3.8) is 0 Å². The van der Waals surface area contributed by atoms with Crippen molar-refractivity contribution in [2.24, 2.45) is 10.8 Å². The van der Waals surface area contributed by atoms with Crippen LogP contribution in [0.25, 0.3) is 0 Å². The minimum absolute atomic E-state index is 0.0602. The predicted octanol–water partition coefficient (Wildman–Crippen LogP) is 7.77. The number of Topliss-reactive ketones (excluding diaryl/α,β-unsaturated/α-hetero) is 2. The highest BCUT2D eigenvalue weighted by atomic mass is 35.5. The molecule has 1 aliphatic heterocycles. The summed E-state index contributed by atoms with van der Waals surface area (Å²) in [5.74, 6) is 3.13. The zero-order valence-corrected chi connectivity index (χ0v) is 25.4. The van der Waals surface area contributed by atoms with Crippen LogP contribution in [0.5, 0.6) is 11.5 Å². The van der Waals surface area contributed by atoms with Crippen LogP contribution in [0.1, 0.15) is 104 Å². The highest BCUT2D eigenvalue weighted by Crippen LogP contribution is 2.56. The fraction of sp³-hybridized carbons (Fsp3) is 0.588. The molecular weight excluding hydrogens is 522 g/mol. The molecule has 1 aromatic carbocycles. The Morgan fingerprint density at radius 3 is 2.02 bits per heavy atom. The minimum Gasteiger partial charge on any atom is -0.490 e. The Bertz CT molecular complexity index is 1270. The second kappa shape index (κ2) is 10.9.